The fourth-order valence-electron chi connectivity index (χ4n) is 3.31. The molecule has 0 radical (unpaired) electrons. The Bertz CT molecular complexity index is 1020. The molecular weight excluding hydrogens is 391 g/mol. The van der Waals surface area contributed by atoms with Gasteiger partial charge in [0.05, 0.1) is 5.92 Å². The first-order chi connectivity index (χ1) is 14.6. The second-order valence-electron chi connectivity index (χ2n) is 6.96. The first kappa shape index (κ1) is 19.7. The molecule has 0 bridgehead atoms. The molecule has 0 N–H and O–H groups in total. The normalized spacial score (nSPS) is 16.3. The molecule has 3 aromatic rings. The topological polar surface area (TPSA) is 98.4 Å². The lowest BCUT2D eigenvalue weighted by molar-refractivity contribution is -0.152. The second-order valence-corrected chi connectivity index (χ2v) is 6.96. The van der Waals surface area contributed by atoms with Gasteiger partial charge in [-0.15, -0.1) is 0 Å². The van der Waals surface area contributed by atoms with Crippen molar-refractivity contribution in [1.29, 1.82) is 0 Å². The summed E-state index contributed by atoms with van der Waals surface area (Å²) < 4.78 is 23.5. The van der Waals surface area contributed by atoms with E-state index in [0.717, 1.165) is 0 Å². The van der Waals surface area contributed by atoms with Gasteiger partial charge in [0.2, 0.25) is 5.82 Å². The maximum Gasteiger partial charge on any atom is 0.311 e. The Labute approximate surface area is 171 Å². The van der Waals surface area contributed by atoms with E-state index in [4.69, 9.17) is 9.26 Å². The highest BCUT2D eigenvalue weighted by molar-refractivity contribution is 5.94. The molecule has 0 spiro atoms. The van der Waals surface area contributed by atoms with Gasteiger partial charge in [0.25, 0.3) is 11.8 Å². The van der Waals surface area contributed by atoms with Crippen molar-refractivity contribution in [3.05, 3.63) is 66.1 Å². The number of esters is 1. The Kier molecular flexibility index (Phi) is 5.78. The number of carbonyl (C=O) groups excluding carboxylic acids is 2. The van der Waals surface area contributed by atoms with Gasteiger partial charge in [0.15, 0.2) is 6.61 Å². The number of piperidine rings is 1. The van der Waals surface area contributed by atoms with Gasteiger partial charge in [-0.2, -0.15) is 4.98 Å². The number of amides is 1. The number of rotatable bonds is 5. The summed E-state index contributed by atoms with van der Waals surface area (Å²) in [6.07, 6.45) is 4.55. The van der Waals surface area contributed by atoms with Gasteiger partial charge in [-0.05, 0) is 49.2 Å². The molecule has 8 nitrogen and oxygen atoms in total. The largest absolute Gasteiger partial charge is 0.455 e. The molecule has 30 heavy (non-hydrogen) atoms. The van der Waals surface area contributed by atoms with Gasteiger partial charge in [-0.1, -0.05) is 5.16 Å². The van der Waals surface area contributed by atoms with Crippen LogP contribution in [0.3, 0.4) is 0 Å². The minimum Gasteiger partial charge on any atom is -0.455 e. The van der Waals surface area contributed by atoms with Gasteiger partial charge in [-0.3, -0.25) is 14.6 Å². The average Bonchev–Trinajstić information content (AvgIpc) is 3.27. The third-order valence-corrected chi connectivity index (χ3v) is 4.86. The fraction of sp³-hybridized carbons (Fsp3) is 0.286. The second kappa shape index (κ2) is 8.81. The standard InChI is InChI=1S/C21H19FN4O4/c22-17-7-5-14(6-8-17)20(27)26-10-2-4-16(12-26)21(28)29-13-18-24-19(25-30-18)15-3-1-9-23-11-15/h1,3,5-9,11,16H,2,4,10,12-13H2. The van der Waals surface area contributed by atoms with Crippen LogP contribution in [-0.2, 0) is 16.1 Å². The molecule has 1 aliphatic rings. The molecule has 1 aliphatic heterocycles. The Balaban J connectivity index is 1.33. The van der Waals surface area contributed by atoms with Crippen LogP contribution in [-0.4, -0.2) is 45.0 Å². The number of benzene rings is 1. The van der Waals surface area contributed by atoms with E-state index in [1.54, 1.807) is 29.4 Å². The van der Waals surface area contributed by atoms with E-state index >= 15 is 0 Å². The molecule has 3 heterocycles. The predicted octanol–water partition coefficient (Wildman–Crippen LogP) is 2.87. The molecule has 0 saturated carbocycles. The van der Waals surface area contributed by atoms with E-state index in [-0.39, 0.29) is 24.9 Å². The molecule has 2 aromatic heterocycles. The summed E-state index contributed by atoms with van der Waals surface area (Å²) in [6, 6.07) is 8.92. The van der Waals surface area contributed by atoms with Crippen molar-refractivity contribution in [3.8, 4) is 11.4 Å². The minimum absolute atomic E-state index is 0.144. The van der Waals surface area contributed by atoms with E-state index in [9.17, 15) is 14.0 Å². The summed E-state index contributed by atoms with van der Waals surface area (Å²) >= 11 is 0. The lowest BCUT2D eigenvalue weighted by atomic mass is 9.97. The molecule has 1 amide bonds. The summed E-state index contributed by atoms with van der Waals surface area (Å²) in [5.41, 5.74) is 1.08. The van der Waals surface area contributed by atoms with Crippen LogP contribution >= 0.6 is 0 Å². The zero-order valence-corrected chi connectivity index (χ0v) is 16.0. The maximum absolute atomic E-state index is 13.1. The van der Waals surface area contributed by atoms with E-state index in [1.807, 2.05) is 0 Å². The van der Waals surface area contributed by atoms with Crippen molar-refractivity contribution in [2.45, 2.75) is 19.4 Å². The Morgan fingerprint density at radius 1 is 1.23 bits per heavy atom. The highest BCUT2D eigenvalue weighted by Crippen LogP contribution is 2.21. The maximum atomic E-state index is 13.1. The van der Waals surface area contributed by atoms with Crippen LogP contribution in [0, 0.1) is 11.7 Å². The number of nitrogens with zero attached hydrogens (tertiary/aromatic N) is 4. The molecule has 1 atom stereocenters. The average molecular weight is 410 g/mol. The van der Waals surface area contributed by atoms with Crippen molar-refractivity contribution < 1.29 is 23.2 Å². The third kappa shape index (κ3) is 4.51. The van der Waals surface area contributed by atoms with Crippen LogP contribution in [0.2, 0.25) is 0 Å². The van der Waals surface area contributed by atoms with Crippen molar-refractivity contribution >= 4 is 11.9 Å². The SMILES string of the molecule is O=C(OCc1nc(-c2cccnc2)no1)C1CCCN(C(=O)c2ccc(F)cc2)C1. The number of carbonyl (C=O) groups is 2. The highest BCUT2D eigenvalue weighted by Gasteiger charge is 2.30. The van der Waals surface area contributed by atoms with Crippen LogP contribution in [0.1, 0.15) is 29.1 Å². The quantitative estimate of drug-likeness (QED) is 0.597. The van der Waals surface area contributed by atoms with Gasteiger partial charge >= 0.3 is 5.97 Å². The van der Waals surface area contributed by atoms with Crippen LogP contribution in [0.4, 0.5) is 4.39 Å². The number of aromatic nitrogens is 3. The van der Waals surface area contributed by atoms with E-state index < -0.39 is 17.7 Å². The molecule has 154 valence electrons. The Morgan fingerprint density at radius 3 is 2.83 bits per heavy atom. The van der Waals surface area contributed by atoms with E-state index in [1.165, 1.54) is 24.3 Å². The van der Waals surface area contributed by atoms with Crippen LogP contribution in [0.5, 0.6) is 0 Å². The minimum atomic E-state index is -0.441. The Morgan fingerprint density at radius 2 is 2.07 bits per heavy atom. The molecule has 1 aromatic carbocycles. The van der Waals surface area contributed by atoms with Gasteiger partial charge in [0.1, 0.15) is 5.82 Å². The third-order valence-electron chi connectivity index (χ3n) is 4.86. The molecular formula is C21H19FN4O4. The van der Waals surface area contributed by atoms with Gasteiger partial charge in [-0.25, -0.2) is 4.39 Å². The van der Waals surface area contributed by atoms with Gasteiger partial charge < -0.3 is 14.2 Å². The summed E-state index contributed by atoms with van der Waals surface area (Å²) in [5.74, 6) is -0.957. The summed E-state index contributed by atoms with van der Waals surface area (Å²) in [7, 11) is 0. The zero-order valence-electron chi connectivity index (χ0n) is 16.0. The van der Waals surface area contributed by atoms with Crippen molar-refractivity contribution in [3.63, 3.8) is 0 Å². The molecule has 1 fully saturated rings. The molecule has 0 aliphatic carbocycles. The molecule has 1 unspecified atom stereocenters. The number of ether oxygens (including phenoxy) is 1. The number of hydrogen-bond acceptors (Lipinski definition) is 7. The zero-order chi connectivity index (χ0) is 20.9. The highest BCUT2D eigenvalue weighted by atomic mass is 19.1. The summed E-state index contributed by atoms with van der Waals surface area (Å²) in [6.45, 7) is 0.645. The fourth-order valence-corrected chi connectivity index (χ4v) is 3.31. The first-order valence-electron chi connectivity index (χ1n) is 9.54. The number of hydrogen-bond donors (Lipinski definition) is 0. The van der Waals surface area contributed by atoms with E-state index in [2.05, 4.69) is 15.1 Å². The van der Waals surface area contributed by atoms with E-state index in [0.29, 0.717) is 36.3 Å². The number of halogens is 1. The molecule has 9 heteroatoms. The first-order valence-corrected chi connectivity index (χ1v) is 9.54. The summed E-state index contributed by atoms with van der Waals surface area (Å²) in [5, 5.41) is 3.85. The van der Waals surface area contributed by atoms with Crippen molar-refractivity contribution in [2.24, 2.45) is 5.92 Å². The molecule has 4 rings (SSSR count). The summed E-state index contributed by atoms with van der Waals surface area (Å²) in [4.78, 5) is 34.9. The molecule has 1 saturated heterocycles. The van der Waals surface area contributed by atoms with Crippen LogP contribution in [0.25, 0.3) is 11.4 Å². The lowest BCUT2D eigenvalue weighted by Crippen LogP contribution is -2.42. The Hall–Kier alpha value is -3.62. The number of pyridine rings is 1. The smallest absolute Gasteiger partial charge is 0.311 e. The van der Waals surface area contributed by atoms with Crippen molar-refractivity contribution in [1.82, 2.24) is 20.0 Å². The lowest BCUT2D eigenvalue weighted by Gasteiger charge is -2.31. The van der Waals surface area contributed by atoms with Gasteiger partial charge in [0, 0.05) is 36.6 Å². The monoisotopic (exact) mass is 410 g/mol. The van der Waals surface area contributed by atoms with Crippen molar-refractivity contribution in [2.75, 3.05) is 13.1 Å². The van der Waals surface area contributed by atoms with Crippen LogP contribution in [0.15, 0.2) is 53.3 Å². The number of likely N-dealkylation sites (tertiary alicyclic amines) is 1. The van der Waals surface area contributed by atoms with Crippen LogP contribution < -0.4 is 0 Å². The predicted molar refractivity (Wildman–Crippen MR) is 102 cm³/mol.